The van der Waals surface area contributed by atoms with E-state index in [0.29, 0.717) is 5.92 Å². The highest BCUT2D eigenvalue weighted by Gasteiger charge is 2.25. The molecule has 1 fully saturated rings. The molecule has 0 aliphatic heterocycles. The predicted octanol–water partition coefficient (Wildman–Crippen LogP) is 6.12. The van der Waals surface area contributed by atoms with E-state index in [2.05, 4.69) is 6.92 Å². The summed E-state index contributed by atoms with van der Waals surface area (Å²) in [6, 6.07) is 5.65. The first-order valence-corrected chi connectivity index (χ1v) is 9.04. The number of hydrogen-bond donors (Lipinski definition) is 0. The van der Waals surface area contributed by atoms with E-state index >= 15 is 0 Å². The Labute approximate surface area is 138 Å². The lowest BCUT2D eigenvalue weighted by atomic mass is 9.78. The number of benzene rings is 1. The number of carbonyl (C=O) groups excluding carboxylic acids is 1. The van der Waals surface area contributed by atoms with Crippen molar-refractivity contribution in [2.75, 3.05) is 0 Å². The SMILES string of the molecule is CCCCC1CCC(CCC(F)C(=O)c2ccccc2F)CC1. The number of rotatable bonds is 8. The van der Waals surface area contributed by atoms with Gasteiger partial charge in [-0.2, -0.15) is 0 Å². The fourth-order valence-corrected chi connectivity index (χ4v) is 3.64. The molecule has 0 heterocycles. The van der Waals surface area contributed by atoms with Crippen LogP contribution >= 0.6 is 0 Å². The van der Waals surface area contributed by atoms with Crippen LogP contribution < -0.4 is 0 Å². The molecule has 1 aliphatic rings. The minimum Gasteiger partial charge on any atom is -0.291 e. The summed E-state index contributed by atoms with van der Waals surface area (Å²) in [5.41, 5.74) is -0.122. The van der Waals surface area contributed by atoms with Crippen LogP contribution in [0.3, 0.4) is 0 Å². The summed E-state index contributed by atoms with van der Waals surface area (Å²) in [5.74, 6) is 0.0308. The molecule has 1 unspecified atom stereocenters. The zero-order valence-electron chi connectivity index (χ0n) is 14.1. The highest BCUT2D eigenvalue weighted by molar-refractivity contribution is 5.99. The molecule has 2 rings (SSSR count). The molecule has 1 atom stereocenters. The van der Waals surface area contributed by atoms with Gasteiger partial charge in [-0.25, -0.2) is 8.78 Å². The number of carbonyl (C=O) groups is 1. The van der Waals surface area contributed by atoms with Gasteiger partial charge in [-0.3, -0.25) is 4.79 Å². The lowest BCUT2D eigenvalue weighted by molar-refractivity contribution is 0.0853. The van der Waals surface area contributed by atoms with Crippen molar-refractivity contribution in [3.8, 4) is 0 Å². The standard InChI is InChI=1S/C20H28F2O/c1-2-3-6-15-9-11-16(12-10-15)13-14-19(22)20(23)17-7-4-5-8-18(17)21/h4-5,7-8,15-16,19H,2-3,6,9-14H2,1H3. The lowest BCUT2D eigenvalue weighted by Gasteiger charge is -2.28. The normalized spacial score (nSPS) is 22.7. The Morgan fingerprint density at radius 3 is 2.35 bits per heavy atom. The van der Waals surface area contributed by atoms with Gasteiger partial charge in [0.2, 0.25) is 0 Å². The lowest BCUT2D eigenvalue weighted by Crippen LogP contribution is -2.20. The van der Waals surface area contributed by atoms with Crippen LogP contribution in [-0.4, -0.2) is 12.0 Å². The summed E-state index contributed by atoms with van der Waals surface area (Å²) in [6.45, 7) is 2.22. The van der Waals surface area contributed by atoms with Gasteiger partial charge in [0.05, 0.1) is 5.56 Å². The molecular formula is C20H28F2O. The van der Waals surface area contributed by atoms with Crippen molar-refractivity contribution in [2.24, 2.45) is 11.8 Å². The van der Waals surface area contributed by atoms with Gasteiger partial charge in [0.25, 0.3) is 0 Å². The Kier molecular flexibility index (Phi) is 7.19. The summed E-state index contributed by atoms with van der Waals surface area (Å²) >= 11 is 0. The molecule has 0 aromatic heterocycles. The van der Waals surface area contributed by atoms with Crippen LogP contribution in [0.25, 0.3) is 0 Å². The summed E-state index contributed by atoms with van der Waals surface area (Å²) in [4.78, 5) is 12.0. The highest BCUT2D eigenvalue weighted by Crippen LogP contribution is 2.34. The molecule has 1 aliphatic carbocycles. The molecule has 1 nitrogen and oxygen atoms in total. The molecule has 0 saturated heterocycles. The van der Waals surface area contributed by atoms with Gasteiger partial charge in [0.1, 0.15) is 5.82 Å². The molecule has 0 radical (unpaired) electrons. The van der Waals surface area contributed by atoms with Gasteiger partial charge >= 0.3 is 0 Å². The number of halogens is 2. The molecule has 23 heavy (non-hydrogen) atoms. The van der Waals surface area contributed by atoms with E-state index in [0.717, 1.165) is 25.2 Å². The predicted molar refractivity (Wildman–Crippen MR) is 89.8 cm³/mol. The summed E-state index contributed by atoms with van der Waals surface area (Å²) in [6.07, 6.45) is 8.03. The van der Waals surface area contributed by atoms with E-state index in [1.165, 1.54) is 50.3 Å². The van der Waals surface area contributed by atoms with Crippen LogP contribution in [0.4, 0.5) is 8.78 Å². The third kappa shape index (κ3) is 5.40. The Hall–Kier alpha value is -1.25. The minimum atomic E-state index is -1.58. The van der Waals surface area contributed by atoms with E-state index in [-0.39, 0.29) is 12.0 Å². The van der Waals surface area contributed by atoms with E-state index in [4.69, 9.17) is 0 Å². The summed E-state index contributed by atoms with van der Waals surface area (Å²) in [5, 5.41) is 0. The number of alkyl halides is 1. The number of Topliss-reactive ketones (excluding diaryl/α,β-unsaturated/α-hetero) is 1. The fraction of sp³-hybridized carbons (Fsp3) is 0.650. The molecule has 0 N–H and O–H groups in total. The van der Waals surface area contributed by atoms with Gasteiger partial charge in [0, 0.05) is 0 Å². The van der Waals surface area contributed by atoms with Crippen molar-refractivity contribution < 1.29 is 13.6 Å². The zero-order valence-corrected chi connectivity index (χ0v) is 14.1. The van der Waals surface area contributed by atoms with Gasteiger partial charge in [0.15, 0.2) is 12.0 Å². The van der Waals surface area contributed by atoms with E-state index < -0.39 is 17.8 Å². The molecule has 1 saturated carbocycles. The third-order valence-corrected chi connectivity index (χ3v) is 5.18. The van der Waals surface area contributed by atoms with Crippen molar-refractivity contribution >= 4 is 5.78 Å². The van der Waals surface area contributed by atoms with Gasteiger partial charge in [-0.05, 0) is 36.8 Å². The molecule has 0 amide bonds. The Balaban J connectivity index is 1.74. The minimum absolute atomic E-state index is 0.122. The van der Waals surface area contributed by atoms with E-state index in [9.17, 15) is 13.6 Å². The molecular weight excluding hydrogens is 294 g/mol. The van der Waals surface area contributed by atoms with Crippen molar-refractivity contribution in [2.45, 2.75) is 70.9 Å². The zero-order chi connectivity index (χ0) is 16.7. The van der Waals surface area contributed by atoms with E-state index in [1.54, 1.807) is 6.07 Å². The van der Waals surface area contributed by atoms with Gasteiger partial charge in [-0.15, -0.1) is 0 Å². The van der Waals surface area contributed by atoms with Crippen molar-refractivity contribution in [1.82, 2.24) is 0 Å². The van der Waals surface area contributed by atoms with Crippen LogP contribution in [0, 0.1) is 17.7 Å². The Morgan fingerprint density at radius 2 is 1.74 bits per heavy atom. The monoisotopic (exact) mass is 322 g/mol. The van der Waals surface area contributed by atoms with Crippen molar-refractivity contribution in [1.29, 1.82) is 0 Å². The van der Waals surface area contributed by atoms with Crippen LogP contribution in [0.1, 0.15) is 75.1 Å². The van der Waals surface area contributed by atoms with Gasteiger partial charge < -0.3 is 0 Å². The fourth-order valence-electron chi connectivity index (χ4n) is 3.64. The van der Waals surface area contributed by atoms with Gasteiger partial charge in [-0.1, -0.05) is 64.0 Å². The van der Waals surface area contributed by atoms with Crippen molar-refractivity contribution in [3.05, 3.63) is 35.6 Å². The second-order valence-electron chi connectivity index (χ2n) is 6.92. The number of ketones is 1. The number of unbranched alkanes of at least 4 members (excludes halogenated alkanes) is 1. The van der Waals surface area contributed by atoms with E-state index in [1.807, 2.05) is 0 Å². The van der Waals surface area contributed by atoms with Crippen LogP contribution in [0.2, 0.25) is 0 Å². The highest BCUT2D eigenvalue weighted by atomic mass is 19.1. The summed E-state index contributed by atoms with van der Waals surface area (Å²) < 4.78 is 27.7. The molecule has 1 aromatic rings. The second-order valence-corrected chi connectivity index (χ2v) is 6.92. The third-order valence-electron chi connectivity index (χ3n) is 5.18. The number of hydrogen-bond acceptors (Lipinski definition) is 1. The topological polar surface area (TPSA) is 17.1 Å². The quantitative estimate of drug-likeness (QED) is 0.527. The summed E-state index contributed by atoms with van der Waals surface area (Å²) in [7, 11) is 0. The first-order chi connectivity index (χ1) is 11.1. The molecule has 128 valence electrons. The molecule has 0 bridgehead atoms. The molecule has 1 aromatic carbocycles. The average Bonchev–Trinajstić information content (AvgIpc) is 2.58. The maximum Gasteiger partial charge on any atom is 0.199 e. The van der Waals surface area contributed by atoms with Crippen LogP contribution in [0.5, 0.6) is 0 Å². The molecule has 0 spiro atoms. The first kappa shape index (κ1) is 18.1. The maximum absolute atomic E-state index is 14.1. The Morgan fingerprint density at radius 1 is 1.13 bits per heavy atom. The van der Waals surface area contributed by atoms with Crippen molar-refractivity contribution in [3.63, 3.8) is 0 Å². The smallest absolute Gasteiger partial charge is 0.199 e. The average molecular weight is 322 g/mol. The Bertz CT molecular complexity index is 492. The maximum atomic E-state index is 14.1. The second kappa shape index (κ2) is 9.14. The van der Waals surface area contributed by atoms with Crippen LogP contribution in [0.15, 0.2) is 24.3 Å². The molecule has 3 heteroatoms. The first-order valence-electron chi connectivity index (χ1n) is 9.04. The largest absolute Gasteiger partial charge is 0.291 e. The van der Waals surface area contributed by atoms with Crippen LogP contribution in [-0.2, 0) is 0 Å².